The normalized spacial score (nSPS) is 11.0. The van der Waals surface area contributed by atoms with Crippen molar-refractivity contribution in [2.24, 2.45) is 0 Å². The number of nitro groups is 1. The van der Waals surface area contributed by atoms with Crippen LogP contribution in [0.2, 0.25) is 0 Å². The molecule has 0 saturated heterocycles. The van der Waals surface area contributed by atoms with E-state index in [-0.39, 0.29) is 5.69 Å². The van der Waals surface area contributed by atoms with Crippen LogP contribution < -0.4 is 9.47 Å². The van der Waals surface area contributed by atoms with Gasteiger partial charge in [0.25, 0.3) is 5.69 Å². The summed E-state index contributed by atoms with van der Waals surface area (Å²) in [5.41, 5.74) is 1.95. The summed E-state index contributed by atoms with van der Waals surface area (Å²) < 4.78 is 10.7. The van der Waals surface area contributed by atoms with E-state index in [1.54, 1.807) is 50.7 Å². The van der Waals surface area contributed by atoms with Gasteiger partial charge in [0.05, 0.1) is 30.0 Å². The number of hydrogen-bond donors (Lipinski definition) is 1. The second-order valence-corrected chi connectivity index (χ2v) is 6.61. The molecule has 9 heteroatoms. The number of hydrogen-bond acceptors (Lipinski definition) is 7. The molecular formula is C18H14N4O4S. The van der Waals surface area contributed by atoms with Crippen LogP contribution in [-0.2, 0) is 0 Å². The SMILES string of the molecule is COc1ccc(OC)c2[nH]c(Sc3ccc([N+](=O)[O-])c4cccnc34)nc12. The van der Waals surface area contributed by atoms with E-state index in [1.165, 1.54) is 17.8 Å². The number of non-ortho nitro benzene ring substituents is 1. The average Bonchev–Trinajstić information content (AvgIpc) is 3.11. The monoisotopic (exact) mass is 382 g/mol. The van der Waals surface area contributed by atoms with Crippen LogP contribution >= 0.6 is 11.8 Å². The van der Waals surface area contributed by atoms with E-state index < -0.39 is 4.92 Å². The lowest BCUT2D eigenvalue weighted by Crippen LogP contribution is -1.92. The highest BCUT2D eigenvalue weighted by Crippen LogP contribution is 2.38. The molecule has 8 nitrogen and oxygen atoms in total. The van der Waals surface area contributed by atoms with Gasteiger partial charge in [-0.25, -0.2) is 4.98 Å². The van der Waals surface area contributed by atoms with Crippen LogP contribution in [0.5, 0.6) is 11.5 Å². The topological polar surface area (TPSA) is 103 Å². The van der Waals surface area contributed by atoms with Crippen LogP contribution in [0.3, 0.4) is 0 Å². The predicted octanol–water partition coefficient (Wildman–Crippen LogP) is 4.19. The van der Waals surface area contributed by atoms with E-state index in [0.717, 1.165) is 10.4 Å². The summed E-state index contributed by atoms with van der Waals surface area (Å²) in [6.07, 6.45) is 1.61. The number of H-pyrrole nitrogens is 1. The third-order valence-electron chi connectivity index (χ3n) is 4.10. The molecule has 27 heavy (non-hydrogen) atoms. The van der Waals surface area contributed by atoms with Crippen molar-refractivity contribution in [1.29, 1.82) is 0 Å². The van der Waals surface area contributed by atoms with Gasteiger partial charge in [-0.15, -0.1) is 0 Å². The lowest BCUT2D eigenvalue weighted by atomic mass is 10.2. The first-order chi connectivity index (χ1) is 13.1. The number of nitro benzene ring substituents is 1. The smallest absolute Gasteiger partial charge is 0.278 e. The fourth-order valence-corrected chi connectivity index (χ4v) is 3.78. The van der Waals surface area contributed by atoms with Crippen molar-refractivity contribution in [2.45, 2.75) is 10.1 Å². The highest BCUT2D eigenvalue weighted by atomic mass is 32.2. The van der Waals surface area contributed by atoms with Crippen molar-refractivity contribution in [3.63, 3.8) is 0 Å². The summed E-state index contributed by atoms with van der Waals surface area (Å²) in [6.45, 7) is 0. The van der Waals surface area contributed by atoms with Gasteiger partial charge >= 0.3 is 0 Å². The Morgan fingerprint density at radius 3 is 2.59 bits per heavy atom. The zero-order valence-electron chi connectivity index (χ0n) is 14.4. The summed E-state index contributed by atoms with van der Waals surface area (Å²) >= 11 is 1.34. The third kappa shape index (κ3) is 2.91. The van der Waals surface area contributed by atoms with Gasteiger partial charge in [-0.05, 0) is 42.1 Å². The van der Waals surface area contributed by atoms with Gasteiger partial charge in [0, 0.05) is 17.2 Å². The fraction of sp³-hybridized carbons (Fsp3) is 0.111. The number of imidazole rings is 1. The molecule has 0 unspecified atom stereocenters. The Bertz CT molecular complexity index is 1130. The van der Waals surface area contributed by atoms with Gasteiger partial charge in [0.2, 0.25) is 0 Å². The maximum atomic E-state index is 11.3. The number of benzene rings is 2. The van der Waals surface area contributed by atoms with Gasteiger partial charge in [-0.3, -0.25) is 15.1 Å². The summed E-state index contributed by atoms with van der Waals surface area (Å²) in [5.74, 6) is 1.28. The molecule has 4 aromatic rings. The number of rotatable bonds is 5. The van der Waals surface area contributed by atoms with Gasteiger partial charge in [0.15, 0.2) is 5.16 Å². The molecule has 2 heterocycles. The van der Waals surface area contributed by atoms with Crippen LogP contribution in [0.4, 0.5) is 5.69 Å². The van der Waals surface area contributed by atoms with E-state index in [9.17, 15) is 10.1 Å². The van der Waals surface area contributed by atoms with Crippen LogP contribution in [0.15, 0.2) is 52.6 Å². The number of pyridine rings is 1. The van der Waals surface area contributed by atoms with E-state index in [2.05, 4.69) is 15.0 Å². The van der Waals surface area contributed by atoms with Crippen molar-refractivity contribution < 1.29 is 14.4 Å². The summed E-state index contributed by atoms with van der Waals surface area (Å²) in [4.78, 5) is 23.8. The molecule has 0 aliphatic heterocycles. The summed E-state index contributed by atoms with van der Waals surface area (Å²) in [7, 11) is 3.17. The Balaban J connectivity index is 1.83. The van der Waals surface area contributed by atoms with Crippen molar-refractivity contribution in [3.05, 3.63) is 52.7 Å². The molecule has 1 N–H and O–H groups in total. The molecule has 136 valence electrons. The Morgan fingerprint density at radius 2 is 1.85 bits per heavy atom. The Labute approximate surface area is 157 Å². The van der Waals surface area contributed by atoms with E-state index in [4.69, 9.17) is 9.47 Å². The maximum absolute atomic E-state index is 11.3. The zero-order valence-corrected chi connectivity index (χ0v) is 15.2. The van der Waals surface area contributed by atoms with Crippen LogP contribution in [0.1, 0.15) is 0 Å². The maximum Gasteiger partial charge on any atom is 0.278 e. The van der Waals surface area contributed by atoms with Gasteiger partial charge < -0.3 is 14.5 Å². The van der Waals surface area contributed by atoms with Crippen molar-refractivity contribution in [3.8, 4) is 11.5 Å². The molecule has 0 amide bonds. The number of aromatic amines is 1. The summed E-state index contributed by atoms with van der Waals surface area (Å²) in [6, 6.07) is 10.1. The molecule has 0 bridgehead atoms. The van der Waals surface area contributed by atoms with Crippen LogP contribution in [-0.4, -0.2) is 34.1 Å². The van der Waals surface area contributed by atoms with Gasteiger partial charge in [-0.2, -0.15) is 0 Å². The first kappa shape index (κ1) is 17.1. The second kappa shape index (κ2) is 6.76. The first-order valence-electron chi connectivity index (χ1n) is 7.93. The molecule has 0 atom stereocenters. The number of ether oxygens (including phenoxy) is 2. The number of fused-ring (bicyclic) bond motifs is 2. The second-order valence-electron chi connectivity index (χ2n) is 5.58. The number of aromatic nitrogens is 3. The average molecular weight is 382 g/mol. The van der Waals surface area contributed by atoms with E-state index >= 15 is 0 Å². The van der Waals surface area contributed by atoms with E-state index in [0.29, 0.717) is 33.1 Å². The molecule has 0 saturated carbocycles. The first-order valence-corrected chi connectivity index (χ1v) is 8.74. The van der Waals surface area contributed by atoms with Gasteiger partial charge in [0.1, 0.15) is 22.5 Å². The molecule has 4 rings (SSSR count). The molecule has 2 aromatic heterocycles. The quantitative estimate of drug-likeness (QED) is 0.408. The third-order valence-corrected chi connectivity index (χ3v) is 5.04. The van der Waals surface area contributed by atoms with Crippen molar-refractivity contribution in [2.75, 3.05) is 14.2 Å². The minimum Gasteiger partial charge on any atom is -0.494 e. The molecule has 0 aliphatic carbocycles. The summed E-state index contributed by atoms with van der Waals surface area (Å²) in [5, 5.41) is 12.4. The van der Waals surface area contributed by atoms with Crippen LogP contribution in [0.25, 0.3) is 21.9 Å². The molecular weight excluding hydrogens is 368 g/mol. The van der Waals surface area contributed by atoms with E-state index in [1.807, 2.05) is 0 Å². The standard InChI is InChI=1S/C18H14N4O4S/c1-25-12-6-7-13(26-2)17-16(12)20-18(21-17)27-14-8-5-11(22(23)24)10-4-3-9-19-15(10)14/h3-9H,1-2H3,(H,20,21). The largest absolute Gasteiger partial charge is 0.494 e. The number of nitrogens with one attached hydrogen (secondary N) is 1. The highest BCUT2D eigenvalue weighted by Gasteiger charge is 2.18. The Morgan fingerprint density at radius 1 is 1.07 bits per heavy atom. The minimum atomic E-state index is -0.407. The highest BCUT2D eigenvalue weighted by molar-refractivity contribution is 7.99. The van der Waals surface area contributed by atoms with Gasteiger partial charge in [-0.1, -0.05) is 0 Å². The minimum absolute atomic E-state index is 0.0235. The Hall–Kier alpha value is -3.33. The molecule has 0 fully saturated rings. The Kier molecular flexibility index (Phi) is 4.28. The fourth-order valence-electron chi connectivity index (χ4n) is 2.88. The predicted molar refractivity (Wildman–Crippen MR) is 102 cm³/mol. The van der Waals surface area contributed by atoms with Crippen LogP contribution in [0, 0.1) is 10.1 Å². The van der Waals surface area contributed by atoms with Crippen molar-refractivity contribution in [1.82, 2.24) is 15.0 Å². The number of nitrogens with zero attached hydrogens (tertiary/aromatic N) is 3. The molecule has 0 spiro atoms. The molecule has 0 radical (unpaired) electrons. The van der Waals surface area contributed by atoms with Crippen molar-refractivity contribution >= 4 is 39.4 Å². The zero-order chi connectivity index (χ0) is 19.0. The molecule has 0 aliphatic rings. The number of methoxy groups -OCH3 is 2. The lowest BCUT2D eigenvalue weighted by Gasteiger charge is -2.04. The molecule has 2 aromatic carbocycles. The lowest BCUT2D eigenvalue weighted by molar-refractivity contribution is -0.383.